The second-order valence-electron chi connectivity index (χ2n) is 12.2. The minimum Gasteiger partial charge on any atom is -0.508 e. The average Bonchev–Trinajstić information content (AvgIpc) is 3.72. The Kier molecular flexibility index (Phi) is 7.22. The molecule has 0 unspecified atom stereocenters. The third kappa shape index (κ3) is 4.86. The van der Waals surface area contributed by atoms with E-state index >= 15 is 4.39 Å². The highest BCUT2D eigenvalue weighted by Crippen LogP contribution is 2.41. The number of rotatable bonds is 7. The van der Waals surface area contributed by atoms with Gasteiger partial charge in [0, 0.05) is 49.7 Å². The van der Waals surface area contributed by atoms with E-state index in [4.69, 9.17) is 16.1 Å². The molecule has 0 spiro atoms. The smallest absolute Gasteiger partial charge is 0.319 e. The van der Waals surface area contributed by atoms with Crippen LogP contribution in [0.5, 0.6) is 11.8 Å². The number of hydrogen-bond acceptors (Lipinski definition) is 8. The van der Waals surface area contributed by atoms with Crippen molar-refractivity contribution in [2.75, 3.05) is 44.7 Å². The van der Waals surface area contributed by atoms with Crippen LogP contribution in [-0.2, 0) is 0 Å². The van der Waals surface area contributed by atoms with Gasteiger partial charge in [-0.3, -0.25) is 9.88 Å². The van der Waals surface area contributed by atoms with Crippen LogP contribution in [0.1, 0.15) is 37.7 Å². The van der Waals surface area contributed by atoms with Gasteiger partial charge in [-0.15, -0.1) is 6.42 Å². The maximum absolute atomic E-state index is 16.7. The molecule has 5 heterocycles. The number of hydrogen-bond donors (Lipinski definition) is 2. The highest BCUT2D eigenvalue weighted by Gasteiger charge is 2.49. The number of fused-ring (bicyclic) bond motifs is 3. The molecule has 3 atom stereocenters. The molecular weight excluding hydrogens is 569 g/mol. The Morgan fingerprint density at radius 2 is 2.11 bits per heavy atom. The van der Waals surface area contributed by atoms with E-state index in [1.165, 1.54) is 30.5 Å². The van der Waals surface area contributed by atoms with Crippen molar-refractivity contribution in [1.29, 1.82) is 0 Å². The first kappa shape index (κ1) is 28.6. The van der Waals surface area contributed by atoms with Gasteiger partial charge in [0.1, 0.15) is 41.4 Å². The van der Waals surface area contributed by atoms with Crippen molar-refractivity contribution < 1.29 is 23.0 Å². The number of aromatic nitrogens is 3. The van der Waals surface area contributed by atoms with Crippen molar-refractivity contribution in [3.63, 3.8) is 0 Å². The van der Waals surface area contributed by atoms with E-state index in [-0.39, 0.29) is 52.1 Å². The predicted octanol–water partition coefficient (Wildman–Crippen LogP) is 4.95. The van der Waals surface area contributed by atoms with E-state index in [0.717, 1.165) is 38.8 Å². The molecule has 4 aromatic rings. The van der Waals surface area contributed by atoms with Gasteiger partial charge in [0.25, 0.3) is 0 Å². The van der Waals surface area contributed by atoms with Crippen LogP contribution in [0.15, 0.2) is 30.5 Å². The molecule has 0 bridgehead atoms. The SMILES string of the molecule is C#Cc1c(F)ccc2cc(O)cc(-c3ncc4c(N(C)C[C@@H]5CCCN5)nc(OC[C@@]56CCCN5C[C@H](F)C6)nc4c3F)c12. The van der Waals surface area contributed by atoms with Crippen molar-refractivity contribution in [1.82, 2.24) is 25.2 Å². The van der Waals surface area contributed by atoms with Gasteiger partial charge in [0.05, 0.1) is 16.5 Å². The summed E-state index contributed by atoms with van der Waals surface area (Å²) in [5, 5.41) is 15.0. The van der Waals surface area contributed by atoms with Crippen LogP contribution in [0.4, 0.5) is 19.0 Å². The molecule has 2 N–H and O–H groups in total. The molecule has 228 valence electrons. The number of alkyl halides is 1. The van der Waals surface area contributed by atoms with E-state index in [1.54, 1.807) is 0 Å². The van der Waals surface area contributed by atoms with Crippen LogP contribution in [0, 0.1) is 24.0 Å². The van der Waals surface area contributed by atoms with Crippen LogP contribution in [-0.4, -0.2) is 82.5 Å². The number of phenolic OH excluding ortho intramolecular Hbond substituents is 1. The fourth-order valence-electron chi connectivity index (χ4n) is 7.29. The number of aromatic hydroxyl groups is 1. The van der Waals surface area contributed by atoms with Gasteiger partial charge in [-0.2, -0.15) is 9.97 Å². The first-order valence-corrected chi connectivity index (χ1v) is 15.0. The van der Waals surface area contributed by atoms with Gasteiger partial charge in [0.15, 0.2) is 5.82 Å². The standard InChI is InChI=1S/C33H33F3N6O2/c1-3-23-26(35)8-7-19-12-22(43)13-24(27(19)23)29-28(36)30-25(15-38-29)31(41(2)17-21-6-4-10-37-21)40-32(39-30)44-18-33-9-5-11-42(33)16-20(34)14-33/h1,7-8,12-13,15,20-21,37,43H,4-6,9-11,14,16-18H2,2H3/t20-,21+,33+/m1/s1. The summed E-state index contributed by atoms with van der Waals surface area (Å²) in [6.07, 6.45) is 10.4. The molecule has 0 amide bonds. The van der Waals surface area contributed by atoms with E-state index < -0.39 is 23.3 Å². The summed E-state index contributed by atoms with van der Waals surface area (Å²) in [5.74, 6) is 1.23. The quantitative estimate of drug-likeness (QED) is 0.288. The number of nitrogens with one attached hydrogen (secondary N) is 1. The molecule has 3 aliphatic rings. The molecule has 2 aromatic heterocycles. The number of nitrogens with zero attached hydrogens (tertiary/aromatic N) is 5. The Morgan fingerprint density at radius 1 is 1.25 bits per heavy atom. The number of anilines is 1. The highest BCUT2D eigenvalue weighted by molar-refractivity contribution is 6.03. The molecule has 0 aliphatic carbocycles. The van der Waals surface area contributed by atoms with E-state index in [0.29, 0.717) is 36.1 Å². The molecule has 7 rings (SSSR count). The Labute approximate surface area is 253 Å². The Balaban J connectivity index is 1.36. The molecule has 3 aliphatic heterocycles. The van der Waals surface area contributed by atoms with Gasteiger partial charge in [-0.05, 0) is 62.4 Å². The molecule has 8 nitrogen and oxygen atoms in total. The number of likely N-dealkylation sites (N-methyl/N-ethyl adjacent to an activating group) is 1. The van der Waals surface area contributed by atoms with Gasteiger partial charge in [-0.25, -0.2) is 13.2 Å². The third-order valence-corrected chi connectivity index (χ3v) is 9.34. The van der Waals surface area contributed by atoms with Gasteiger partial charge >= 0.3 is 6.01 Å². The zero-order valence-electron chi connectivity index (χ0n) is 24.4. The van der Waals surface area contributed by atoms with Gasteiger partial charge in [0.2, 0.25) is 0 Å². The second-order valence-corrected chi connectivity index (χ2v) is 12.2. The lowest BCUT2D eigenvalue weighted by molar-refractivity contribution is 0.107. The summed E-state index contributed by atoms with van der Waals surface area (Å²) in [6.45, 7) is 2.94. The van der Waals surface area contributed by atoms with Gasteiger partial charge < -0.3 is 20.1 Å². The number of phenols is 1. The lowest BCUT2D eigenvalue weighted by Gasteiger charge is -2.31. The topological polar surface area (TPSA) is 86.6 Å². The number of benzene rings is 2. The van der Waals surface area contributed by atoms with Gasteiger partial charge in [-0.1, -0.05) is 12.0 Å². The summed E-state index contributed by atoms with van der Waals surface area (Å²) >= 11 is 0. The maximum Gasteiger partial charge on any atom is 0.319 e. The summed E-state index contributed by atoms with van der Waals surface area (Å²) in [5.41, 5.74) is -0.535. The zero-order chi connectivity index (χ0) is 30.6. The molecule has 0 saturated carbocycles. The van der Waals surface area contributed by atoms with Crippen LogP contribution in [0.3, 0.4) is 0 Å². The normalized spacial score (nSPS) is 23.3. The Bertz CT molecular complexity index is 1810. The minimum absolute atomic E-state index is 0.0190. The summed E-state index contributed by atoms with van der Waals surface area (Å²) in [4.78, 5) is 17.7. The number of halogens is 3. The summed E-state index contributed by atoms with van der Waals surface area (Å²) in [6, 6.07) is 5.67. The van der Waals surface area contributed by atoms with Crippen LogP contribution >= 0.6 is 0 Å². The first-order valence-electron chi connectivity index (χ1n) is 15.0. The molecule has 2 aromatic carbocycles. The lowest BCUT2D eigenvalue weighted by atomic mass is 9.95. The van der Waals surface area contributed by atoms with Crippen LogP contribution in [0.25, 0.3) is 32.9 Å². The largest absolute Gasteiger partial charge is 0.508 e. The van der Waals surface area contributed by atoms with Crippen molar-refractivity contribution in [3.8, 4) is 35.4 Å². The Morgan fingerprint density at radius 3 is 2.91 bits per heavy atom. The minimum atomic E-state index is -0.919. The van der Waals surface area contributed by atoms with Crippen LogP contribution in [0.2, 0.25) is 0 Å². The number of terminal acetylenes is 1. The molecule has 3 saturated heterocycles. The molecule has 3 fully saturated rings. The predicted molar refractivity (Wildman–Crippen MR) is 163 cm³/mol. The maximum atomic E-state index is 16.7. The van der Waals surface area contributed by atoms with Crippen molar-refractivity contribution >= 4 is 27.5 Å². The summed E-state index contributed by atoms with van der Waals surface area (Å²) < 4.78 is 52.0. The third-order valence-electron chi connectivity index (χ3n) is 9.34. The molecule has 0 radical (unpaired) electrons. The number of pyridine rings is 1. The van der Waals surface area contributed by atoms with E-state index in [1.807, 2.05) is 11.9 Å². The van der Waals surface area contributed by atoms with E-state index in [9.17, 15) is 13.9 Å². The fourth-order valence-corrected chi connectivity index (χ4v) is 7.29. The lowest BCUT2D eigenvalue weighted by Crippen LogP contribution is -2.43. The molecule has 11 heteroatoms. The van der Waals surface area contributed by atoms with E-state index in [2.05, 4.69) is 26.1 Å². The highest BCUT2D eigenvalue weighted by atomic mass is 19.1. The van der Waals surface area contributed by atoms with Crippen molar-refractivity contribution in [2.45, 2.75) is 49.9 Å². The monoisotopic (exact) mass is 602 g/mol. The van der Waals surface area contributed by atoms with Crippen molar-refractivity contribution in [3.05, 3.63) is 47.7 Å². The van der Waals surface area contributed by atoms with Crippen molar-refractivity contribution in [2.24, 2.45) is 0 Å². The molecular formula is C33H33F3N6O2. The molecule has 44 heavy (non-hydrogen) atoms. The average molecular weight is 603 g/mol. The zero-order valence-corrected chi connectivity index (χ0v) is 24.4. The van der Waals surface area contributed by atoms with Crippen LogP contribution < -0.4 is 15.0 Å². The fraction of sp³-hybridized carbons (Fsp3) is 0.424. The Hall–Kier alpha value is -4.14. The number of ether oxygens (including phenoxy) is 1. The second kappa shape index (κ2) is 11.1. The first-order chi connectivity index (χ1) is 21.3. The summed E-state index contributed by atoms with van der Waals surface area (Å²) in [7, 11) is 1.88.